The normalized spacial score (nSPS) is 22.6. The Morgan fingerprint density at radius 2 is 2.19 bits per heavy atom. The van der Waals surface area contributed by atoms with Crippen molar-refractivity contribution in [3.63, 3.8) is 0 Å². The third kappa shape index (κ3) is 2.64. The second-order valence-electron chi connectivity index (χ2n) is 4.76. The maximum Gasteiger partial charge on any atom is 0.106 e. The largest absolute Gasteiger partial charge is 0.294 e. The predicted octanol–water partition coefficient (Wildman–Crippen LogP) is 3.78. The number of nitrogens with zero attached hydrogens (tertiary/aromatic N) is 2. The van der Waals surface area contributed by atoms with Crippen LogP contribution in [-0.2, 0) is 0 Å². The molecule has 0 spiro atoms. The van der Waals surface area contributed by atoms with E-state index in [0.717, 1.165) is 4.60 Å². The molecule has 2 nitrogen and oxygen atoms in total. The Kier molecular flexibility index (Phi) is 3.98. The van der Waals surface area contributed by atoms with Crippen LogP contribution in [0.3, 0.4) is 0 Å². The standard InChI is InChI=1S/C13H19BrN2/c1-10(2)16-8-4-3-5-12(16)11-6-7-13(14)15-9-11/h6-7,9-10,12H,3-5,8H2,1-2H3. The summed E-state index contributed by atoms with van der Waals surface area (Å²) < 4.78 is 0.920. The van der Waals surface area contributed by atoms with Crippen LogP contribution < -0.4 is 0 Å². The average Bonchev–Trinajstić information content (AvgIpc) is 2.30. The summed E-state index contributed by atoms with van der Waals surface area (Å²) in [6.45, 7) is 5.79. The van der Waals surface area contributed by atoms with Gasteiger partial charge in [-0.15, -0.1) is 0 Å². The van der Waals surface area contributed by atoms with Crippen molar-refractivity contribution >= 4 is 15.9 Å². The summed E-state index contributed by atoms with van der Waals surface area (Å²) in [7, 11) is 0. The summed E-state index contributed by atoms with van der Waals surface area (Å²) in [5, 5.41) is 0. The maximum absolute atomic E-state index is 4.34. The molecule has 1 aliphatic rings. The van der Waals surface area contributed by atoms with E-state index < -0.39 is 0 Å². The van der Waals surface area contributed by atoms with E-state index in [1.54, 1.807) is 0 Å². The molecule has 3 heteroatoms. The van der Waals surface area contributed by atoms with Gasteiger partial charge in [0, 0.05) is 18.3 Å². The predicted molar refractivity (Wildman–Crippen MR) is 70.4 cm³/mol. The molecule has 0 aliphatic carbocycles. The number of hydrogen-bond acceptors (Lipinski definition) is 2. The van der Waals surface area contributed by atoms with Crippen LogP contribution in [-0.4, -0.2) is 22.5 Å². The van der Waals surface area contributed by atoms with Crippen molar-refractivity contribution in [1.82, 2.24) is 9.88 Å². The summed E-state index contributed by atoms with van der Waals surface area (Å²) in [5.74, 6) is 0. The molecule has 1 aliphatic heterocycles. The fourth-order valence-corrected chi connectivity index (χ4v) is 2.75. The summed E-state index contributed by atoms with van der Waals surface area (Å²) >= 11 is 3.39. The zero-order chi connectivity index (χ0) is 11.5. The Morgan fingerprint density at radius 3 is 2.81 bits per heavy atom. The second kappa shape index (κ2) is 5.28. The summed E-state index contributed by atoms with van der Waals surface area (Å²) in [6.07, 6.45) is 5.94. The maximum atomic E-state index is 4.34. The molecule has 0 aromatic carbocycles. The molecule has 1 aromatic heterocycles. The minimum Gasteiger partial charge on any atom is -0.294 e. The lowest BCUT2D eigenvalue weighted by atomic mass is 9.95. The van der Waals surface area contributed by atoms with Gasteiger partial charge >= 0.3 is 0 Å². The zero-order valence-corrected chi connectivity index (χ0v) is 11.6. The molecule has 0 N–H and O–H groups in total. The molecule has 1 atom stereocenters. The SMILES string of the molecule is CC(C)N1CCCCC1c1ccc(Br)nc1. The van der Waals surface area contributed by atoms with E-state index in [4.69, 9.17) is 0 Å². The molecule has 2 heterocycles. The first-order valence-corrected chi connectivity index (χ1v) is 6.85. The Labute approximate surface area is 106 Å². The quantitative estimate of drug-likeness (QED) is 0.768. The van der Waals surface area contributed by atoms with Crippen LogP contribution in [0.2, 0.25) is 0 Å². The number of rotatable bonds is 2. The second-order valence-corrected chi connectivity index (χ2v) is 5.57. The van der Waals surface area contributed by atoms with Crippen LogP contribution in [0, 0.1) is 0 Å². The van der Waals surface area contributed by atoms with E-state index in [2.05, 4.69) is 45.7 Å². The summed E-state index contributed by atoms with van der Waals surface area (Å²) in [5.41, 5.74) is 1.36. The average molecular weight is 283 g/mol. The fraction of sp³-hybridized carbons (Fsp3) is 0.615. The van der Waals surface area contributed by atoms with Gasteiger partial charge in [0.1, 0.15) is 4.60 Å². The highest BCUT2D eigenvalue weighted by Gasteiger charge is 2.25. The Bertz CT molecular complexity index is 334. The molecular weight excluding hydrogens is 264 g/mol. The molecule has 0 saturated carbocycles. The van der Waals surface area contributed by atoms with Crippen LogP contribution in [0.1, 0.15) is 44.7 Å². The Hall–Kier alpha value is -0.410. The molecule has 0 radical (unpaired) electrons. The molecule has 88 valence electrons. The van der Waals surface area contributed by atoms with Crippen molar-refractivity contribution < 1.29 is 0 Å². The number of pyridine rings is 1. The van der Waals surface area contributed by atoms with Crippen LogP contribution in [0.4, 0.5) is 0 Å². The number of hydrogen-bond donors (Lipinski definition) is 0. The molecule has 2 rings (SSSR count). The first-order chi connectivity index (χ1) is 7.68. The minimum atomic E-state index is 0.564. The lowest BCUT2D eigenvalue weighted by Crippen LogP contribution is -2.38. The van der Waals surface area contributed by atoms with Crippen LogP contribution in [0.15, 0.2) is 22.9 Å². The van der Waals surface area contributed by atoms with E-state index in [-0.39, 0.29) is 0 Å². The van der Waals surface area contributed by atoms with Crippen molar-refractivity contribution in [2.75, 3.05) is 6.54 Å². The van der Waals surface area contributed by atoms with Gasteiger partial charge in [0.15, 0.2) is 0 Å². The Morgan fingerprint density at radius 1 is 1.38 bits per heavy atom. The minimum absolute atomic E-state index is 0.564. The molecule has 1 saturated heterocycles. The number of piperidine rings is 1. The third-order valence-corrected chi connectivity index (χ3v) is 3.81. The zero-order valence-electron chi connectivity index (χ0n) is 9.99. The van der Waals surface area contributed by atoms with E-state index >= 15 is 0 Å². The molecule has 16 heavy (non-hydrogen) atoms. The first kappa shape index (κ1) is 12.1. The highest BCUT2D eigenvalue weighted by atomic mass is 79.9. The van der Waals surface area contributed by atoms with Crippen LogP contribution >= 0.6 is 15.9 Å². The number of likely N-dealkylation sites (tertiary alicyclic amines) is 1. The smallest absolute Gasteiger partial charge is 0.106 e. The van der Waals surface area contributed by atoms with Gasteiger partial charge in [-0.3, -0.25) is 4.90 Å². The molecule has 1 fully saturated rings. The van der Waals surface area contributed by atoms with Crippen LogP contribution in [0.5, 0.6) is 0 Å². The van der Waals surface area contributed by atoms with Gasteiger partial charge in [-0.25, -0.2) is 4.98 Å². The van der Waals surface area contributed by atoms with Crippen molar-refractivity contribution in [1.29, 1.82) is 0 Å². The van der Waals surface area contributed by atoms with E-state index in [1.807, 2.05) is 12.3 Å². The monoisotopic (exact) mass is 282 g/mol. The highest BCUT2D eigenvalue weighted by Crippen LogP contribution is 2.32. The third-order valence-electron chi connectivity index (χ3n) is 3.34. The molecule has 1 aromatic rings. The summed E-state index contributed by atoms with van der Waals surface area (Å²) in [6, 6.07) is 5.42. The van der Waals surface area contributed by atoms with E-state index in [9.17, 15) is 0 Å². The van der Waals surface area contributed by atoms with Gasteiger partial charge in [-0.2, -0.15) is 0 Å². The first-order valence-electron chi connectivity index (χ1n) is 6.05. The van der Waals surface area contributed by atoms with Gasteiger partial charge in [0.25, 0.3) is 0 Å². The van der Waals surface area contributed by atoms with Gasteiger partial charge in [-0.1, -0.05) is 12.5 Å². The molecular formula is C13H19BrN2. The Balaban J connectivity index is 2.19. The lowest BCUT2D eigenvalue weighted by molar-refractivity contribution is 0.112. The van der Waals surface area contributed by atoms with E-state index in [0.29, 0.717) is 12.1 Å². The van der Waals surface area contributed by atoms with Crippen molar-refractivity contribution in [2.24, 2.45) is 0 Å². The highest BCUT2D eigenvalue weighted by molar-refractivity contribution is 9.10. The molecule has 0 bridgehead atoms. The van der Waals surface area contributed by atoms with Crippen molar-refractivity contribution in [3.05, 3.63) is 28.5 Å². The van der Waals surface area contributed by atoms with Gasteiger partial charge in [-0.05, 0) is 60.8 Å². The summed E-state index contributed by atoms with van der Waals surface area (Å²) in [4.78, 5) is 6.93. The topological polar surface area (TPSA) is 16.1 Å². The van der Waals surface area contributed by atoms with Gasteiger partial charge in [0.05, 0.1) is 0 Å². The number of halogens is 1. The molecule has 1 unspecified atom stereocenters. The van der Waals surface area contributed by atoms with Crippen molar-refractivity contribution in [2.45, 2.75) is 45.2 Å². The number of aromatic nitrogens is 1. The van der Waals surface area contributed by atoms with Gasteiger partial charge in [0.2, 0.25) is 0 Å². The fourth-order valence-electron chi connectivity index (χ4n) is 2.51. The molecule has 0 amide bonds. The van der Waals surface area contributed by atoms with Crippen LogP contribution in [0.25, 0.3) is 0 Å². The lowest BCUT2D eigenvalue weighted by Gasteiger charge is -2.38. The van der Waals surface area contributed by atoms with E-state index in [1.165, 1.54) is 31.4 Å². The van der Waals surface area contributed by atoms with Gasteiger partial charge < -0.3 is 0 Å². The van der Waals surface area contributed by atoms with Crippen molar-refractivity contribution in [3.8, 4) is 0 Å².